The molecule has 158 valence electrons. The van der Waals surface area contributed by atoms with Gasteiger partial charge in [-0.05, 0) is 52.4 Å². The Balaban J connectivity index is 0.000000271. The maximum Gasteiger partial charge on any atom is 0.219 e. The number of hydrogen-bond donors (Lipinski definition) is 3. The van der Waals surface area contributed by atoms with Crippen LogP contribution in [0.25, 0.3) is 0 Å². The molecule has 0 radical (unpaired) electrons. The van der Waals surface area contributed by atoms with Crippen molar-refractivity contribution in [2.45, 2.75) is 79.3 Å². The monoisotopic (exact) mass is 381 g/mol. The largest absolute Gasteiger partial charge is 0.387 e. The molecular formula is C21H43N5O. The van der Waals surface area contributed by atoms with Crippen molar-refractivity contribution in [3.05, 3.63) is 0 Å². The first-order valence-corrected chi connectivity index (χ1v) is 10.4. The zero-order valence-corrected chi connectivity index (χ0v) is 18.9. The molecule has 0 aromatic carbocycles. The van der Waals surface area contributed by atoms with Crippen LogP contribution in [0.1, 0.15) is 68.2 Å². The molecular weight excluding hydrogens is 338 g/mol. The highest BCUT2D eigenvalue weighted by atomic mass is 16.5. The molecule has 4 N–H and O–H groups in total. The molecule has 0 amide bonds. The summed E-state index contributed by atoms with van der Waals surface area (Å²) in [6.45, 7) is 20.7. The predicted molar refractivity (Wildman–Crippen MR) is 115 cm³/mol. The Labute approximate surface area is 166 Å². The van der Waals surface area contributed by atoms with Gasteiger partial charge in [-0.2, -0.15) is 0 Å². The van der Waals surface area contributed by atoms with Crippen molar-refractivity contribution in [3.63, 3.8) is 0 Å². The summed E-state index contributed by atoms with van der Waals surface area (Å²) in [5.41, 5.74) is 6.31. The standard InChI is InChI=1S/C12H25N.C9H18N4O/c1-9(2)10-7-11(3,4)13-12(5,6)8-10;1-7(2)8(10)12-9(11)13-3-5-14-6-4-13/h9-10,13H,7-8H2,1-6H3;7H,3-6H2,1-2H3,(H3,10,11,12). The fourth-order valence-electron chi connectivity index (χ4n) is 3.97. The lowest BCUT2D eigenvalue weighted by molar-refractivity contribution is 0.0672. The molecule has 2 rings (SSSR count). The third-order valence-electron chi connectivity index (χ3n) is 5.30. The van der Waals surface area contributed by atoms with Gasteiger partial charge in [0.2, 0.25) is 5.96 Å². The Hall–Kier alpha value is -1.14. The maximum atomic E-state index is 7.71. The maximum absolute atomic E-state index is 7.71. The molecule has 0 bridgehead atoms. The van der Waals surface area contributed by atoms with Crippen molar-refractivity contribution in [1.82, 2.24) is 10.2 Å². The third kappa shape index (κ3) is 8.60. The highest BCUT2D eigenvalue weighted by molar-refractivity contribution is 5.94. The number of nitrogens with two attached hydrogens (primary N) is 1. The van der Waals surface area contributed by atoms with Crippen molar-refractivity contribution in [1.29, 1.82) is 5.41 Å². The molecule has 27 heavy (non-hydrogen) atoms. The zero-order valence-electron chi connectivity index (χ0n) is 18.9. The highest BCUT2D eigenvalue weighted by Gasteiger charge is 2.38. The van der Waals surface area contributed by atoms with Gasteiger partial charge in [0.05, 0.1) is 13.2 Å². The number of piperidine rings is 1. The Morgan fingerprint density at radius 2 is 1.56 bits per heavy atom. The number of nitrogens with one attached hydrogen (secondary N) is 2. The van der Waals surface area contributed by atoms with Crippen LogP contribution in [0.4, 0.5) is 0 Å². The number of amidine groups is 1. The van der Waals surface area contributed by atoms with Crippen molar-refractivity contribution in [2.24, 2.45) is 28.5 Å². The second-order valence-corrected chi connectivity index (χ2v) is 9.92. The minimum atomic E-state index is 0.191. The highest BCUT2D eigenvalue weighted by Crippen LogP contribution is 2.36. The van der Waals surface area contributed by atoms with Crippen molar-refractivity contribution < 1.29 is 4.74 Å². The van der Waals surface area contributed by atoms with Gasteiger partial charge in [0.15, 0.2) is 0 Å². The first-order chi connectivity index (χ1) is 12.3. The van der Waals surface area contributed by atoms with Gasteiger partial charge < -0.3 is 20.7 Å². The summed E-state index contributed by atoms with van der Waals surface area (Å²) in [7, 11) is 0. The van der Waals surface area contributed by atoms with E-state index in [9.17, 15) is 0 Å². The van der Waals surface area contributed by atoms with Crippen LogP contribution in [0.15, 0.2) is 4.99 Å². The Bertz CT molecular complexity index is 489. The van der Waals surface area contributed by atoms with Crippen molar-refractivity contribution in [3.8, 4) is 0 Å². The van der Waals surface area contributed by atoms with E-state index in [0.717, 1.165) is 24.9 Å². The molecule has 0 aromatic rings. The molecule has 0 unspecified atom stereocenters. The van der Waals surface area contributed by atoms with Crippen LogP contribution in [-0.4, -0.2) is 54.1 Å². The van der Waals surface area contributed by atoms with Crippen LogP contribution in [-0.2, 0) is 4.74 Å². The fraction of sp³-hybridized carbons (Fsp3) is 0.905. The van der Waals surface area contributed by atoms with Crippen LogP contribution in [0, 0.1) is 23.2 Å². The van der Waals surface area contributed by atoms with E-state index in [1.807, 2.05) is 18.7 Å². The van der Waals surface area contributed by atoms with Crippen molar-refractivity contribution >= 4 is 11.8 Å². The smallest absolute Gasteiger partial charge is 0.219 e. The van der Waals surface area contributed by atoms with Crippen LogP contribution in [0.5, 0.6) is 0 Å². The second-order valence-electron chi connectivity index (χ2n) is 9.92. The number of aliphatic imine (C=N–C) groups is 1. The Morgan fingerprint density at radius 3 is 1.96 bits per heavy atom. The fourth-order valence-corrected chi connectivity index (χ4v) is 3.97. The van der Waals surface area contributed by atoms with Gasteiger partial charge in [-0.25, -0.2) is 4.99 Å². The lowest BCUT2D eigenvalue weighted by Gasteiger charge is -2.47. The normalized spacial score (nSPS) is 23.2. The first-order valence-electron chi connectivity index (χ1n) is 10.4. The number of hydrogen-bond acceptors (Lipinski definition) is 3. The number of morpholine rings is 1. The second kappa shape index (κ2) is 9.87. The van der Waals surface area contributed by atoms with Gasteiger partial charge in [0.1, 0.15) is 5.84 Å². The summed E-state index contributed by atoms with van der Waals surface area (Å²) in [6.07, 6.45) is 2.63. The minimum Gasteiger partial charge on any atom is -0.387 e. The van der Waals surface area contributed by atoms with Crippen LogP contribution < -0.4 is 11.1 Å². The van der Waals surface area contributed by atoms with Crippen LogP contribution in [0.3, 0.4) is 0 Å². The molecule has 6 heteroatoms. The SMILES string of the molecule is CC(C)/C(N)=N/C(=N)N1CCOCC1.CC(C)C1CC(C)(C)NC(C)(C)C1. The molecule has 0 atom stereocenters. The summed E-state index contributed by atoms with van der Waals surface area (Å²) in [5.74, 6) is 2.66. The van der Waals surface area contributed by atoms with Crippen LogP contribution >= 0.6 is 0 Å². The van der Waals surface area contributed by atoms with E-state index in [2.05, 4.69) is 51.9 Å². The van der Waals surface area contributed by atoms with E-state index in [1.165, 1.54) is 12.8 Å². The first kappa shape index (κ1) is 23.9. The van der Waals surface area contributed by atoms with Gasteiger partial charge in [0.25, 0.3) is 0 Å². The molecule has 2 saturated heterocycles. The summed E-state index contributed by atoms with van der Waals surface area (Å²) in [5, 5.41) is 11.4. The van der Waals surface area contributed by atoms with E-state index in [4.69, 9.17) is 15.9 Å². The molecule has 2 heterocycles. The van der Waals surface area contributed by atoms with Gasteiger partial charge in [-0.1, -0.05) is 27.7 Å². The molecule has 0 saturated carbocycles. The number of nitrogens with zero attached hydrogens (tertiary/aromatic N) is 2. The lowest BCUT2D eigenvalue weighted by atomic mass is 9.72. The zero-order chi connectivity index (χ0) is 20.8. The molecule has 2 aliphatic rings. The summed E-state index contributed by atoms with van der Waals surface area (Å²) < 4.78 is 5.18. The quantitative estimate of drug-likeness (QED) is 0.505. The van der Waals surface area contributed by atoms with E-state index in [0.29, 0.717) is 30.1 Å². The number of ether oxygens (including phenoxy) is 1. The Kier molecular flexibility index (Phi) is 8.74. The average Bonchev–Trinajstić information content (AvgIpc) is 2.53. The summed E-state index contributed by atoms with van der Waals surface area (Å²) in [6, 6.07) is 0. The summed E-state index contributed by atoms with van der Waals surface area (Å²) >= 11 is 0. The van der Waals surface area contributed by atoms with E-state index in [-0.39, 0.29) is 11.9 Å². The van der Waals surface area contributed by atoms with Crippen molar-refractivity contribution in [2.75, 3.05) is 26.3 Å². The van der Waals surface area contributed by atoms with Gasteiger partial charge in [-0.15, -0.1) is 0 Å². The lowest BCUT2D eigenvalue weighted by Crippen LogP contribution is -2.58. The number of rotatable bonds is 2. The third-order valence-corrected chi connectivity index (χ3v) is 5.30. The van der Waals surface area contributed by atoms with E-state index in [1.54, 1.807) is 0 Å². The molecule has 0 aromatic heterocycles. The van der Waals surface area contributed by atoms with E-state index < -0.39 is 0 Å². The van der Waals surface area contributed by atoms with Crippen LogP contribution in [0.2, 0.25) is 0 Å². The molecule has 2 fully saturated rings. The Morgan fingerprint density at radius 1 is 1.07 bits per heavy atom. The molecule has 6 nitrogen and oxygen atoms in total. The van der Waals surface area contributed by atoms with Gasteiger partial charge >= 0.3 is 0 Å². The topological polar surface area (TPSA) is 86.7 Å². The molecule has 0 spiro atoms. The van der Waals surface area contributed by atoms with E-state index >= 15 is 0 Å². The summed E-state index contributed by atoms with van der Waals surface area (Å²) in [4.78, 5) is 5.92. The number of guanidine groups is 1. The van der Waals surface area contributed by atoms with Gasteiger partial charge in [-0.3, -0.25) is 5.41 Å². The van der Waals surface area contributed by atoms with Gasteiger partial charge in [0, 0.05) is 30.1 Å². The molecule has 2 aliphatic heterocycles. The predicted octanol–water partition coefficient (Wildman–Crippen LogP) is 3.47. The average molecular weight is 382 g/mol. The minimum absolute atomic E-state index is 0.191. The molecule has 0 aliphatic carbocycles.